The van der Waals surface area contributed by atoms with Crippen LogP contribution in [0.3, 0.4) is 0 Å². The number of carbonyl (C=O) groups is 1. The normalized spacial score (nSPS) is 18.5. The zero-order valence-corrected chi connectivity index (χ0v) is 12.1. The molecule has 1 aromatic carbocycles. The molecule has 0 bridgehead atoms. The molecule has 1 atom stereocenters. The number of benzene rings is 1. The summed E-state index contributed by atoms with van der Waals surface area (Å²) in [6.07, 6.45) is 0. The molecule has 0 radical (unpaired) electrons. The largest absolute Gasteiger partial charge is 0.463 e. The minimum atomic E-state index is -0.644. The fraction of sp³-hybridized carbons (Fsp3) is 0.267. The van der Waals surface area contributed by atoms with Gasteiger partial charge in [0, 0.05) is 5.56 Å². The second kappa shape index (κ2) is 5.52. The summed E-state index contributed by atoms with van der Waals surface area (Å²) in [7, 11) is 0. The van der Waals surface area contributed by atoms with Crippen molar-refractivity contribution in [3.8, 4) is 0 Å². The molecule has 0 saturated carbocycles. The van der Waals surface area contributed by atoms with Crippen LogP contribution in [0.2, 0.25) is 0 Å². The number of carbonyl (C=O) groups excluding carboxylic acids is 1. The second-order valence-electron chi connectivity index (χ2n) is 4.83. The SMILES string of the molecule is Cc1ccc(C2SCC(=O)N2Cc2c(F)cccc2F)o1. The summed E-state index contributed by atoms with van der Waals surface area (Å²) in [6, 6.07) is 7.29. The first kappa shape index (κ1) is 14.1. The number of rotatable bonds is 3. The predicted molar refractivity (Wildman–Crippen MR) is 75.6 cm³/mol. The highest BCUT2D eigenvalue weighted by Crippen LogP contribution is 2.40. The highest BCUT2D eigenvalue weighted by molar-refractivity contribution is 8.00. The Morgan fingerprint density at radius 2 is 2.00 bits per heavy atom. The van der Waals surface area contributed by atoms with E-state index in [1.807, 2.05) is 6.92 Å². The maximum Gasteiger partial charge on any atom is 0.234 e. The molecular weight excluding hydrogens is 296 g/mol. The number of furan rings is 1. The van der Waals surface area contributed by atoms with Crippen LogP contribution in [0, 0.1) is 18.6 Å². The van der Waals surface area contributed by atoms with Gasteiger partial charge in [0.15, 0.2) is 0 Å². The Balaban J connectivity index is 1.90. The topological polar surface area (TPSA) is 33.5 Å². The first-order valence-corrected chi connectivity index (χ1v) is 7.51. The second-order valence-corrected chi connectivity index (χ2v) is 5.90. The lowest BCUT2D eigenvalue weighted by atomic mass is 10.2. The van der Waals surface area contributed by atoms with Crippen molar-refractivity contribution in [3.05, 3.63) is 59.1 Å². The first-order valence-electron chi connectivity index (χ1n) is 6.46. The van der Waals surface area contributed by atoms with Crippen molar-refractivity contribution in [2.45, 2.75) is 18.8 Å². The predicted octanol–water partition coefficient (Wildman–Crippen LogP) is 3.64. The number of hydrogen-bond donors (Lipinski definition) is 0. The molecule has 3 rings (SSSR count). The number of amides is 1. The molecule has 1 saturated heterocycles. The van der Waals surface area contributed by atoms with Crippen LogP contribution in [-0.2, 0) is 11.3 Å². The van der Waals surface area contributed by atoms with Gasteiger partial charge in [0.25, 0.3) is 0 Å². The van der Waals surface area contributed by atoms with Crippen LogP contribution in [0.4, 0.5) is 8.78 Å². The van der Waals surface area contributed by atoms with Gasteiger partial charge in [-0.05, 0) is 31.2 Å². The van der Waals surface area contributed by atoms with Gasteiger partial charge in [0.2, 0.25) is 5.91 Å². The zero-order valence-electron chi connectivity index (χ0n) is 11.3. The van der Waals surface area contributed by atoms with E-state index < -0.39 is 11.6 Å². The van der Waals surface area contributed by atoms with Gasteiger partial charge in [-0.3, -0.25) is 4.79 Å². The Morgan fingerprint density at radius 1 is 1.29 bits per heavy atom. The molecule has 0 spiro atoms. The minimum absolute atomic E-state index is 0.0957. The maximum absolute atomic E-state index is 13.8. The van der Waals surface area contributed by atoms with E-state index >= 15 is 0 Å². The molecule has 0 aliphatic carbocycles. The van der Waals surface area contributed by atoms with Crippen molar-refractivity contribution in [1.29, 1.82) is 0 Å². The lowest BCUT2D eigenvalue weighted by molar-refractivity contribution is -0.128. The Labute approximate surface area is 124 Å². The maximum atomic E-state index is 13.8. The lowest BCUT2D eigenvalue weighted by Crippen LogP contribution is -2.28. The van der Waals surface area contributed by atoms with Crippen LogP contribution in [-0.4, -0.2) is 16.6 Å². The number of halogens is 2. The molecule has 0 N–H and O–H groups in total. The van der Waals surface area contributed by atoms with Crippen LogP contribution in [0.25, 0.3) is 0 Å². The van der Waals surface area contributed by atoms with Gasteiger partial charge in [0.05, 0.1) is 12.3 Å². The van der Waals surface area contributed by atoms with Crippen LogP contribution in [0.1, 0.15) is 22.5 Å². The van der Waals surface area contributed by atoms with Gasteiger partial charge < -0.3 is 9.32 Å². The van der Waals surface area contributed by atoms with Gasteiger partial charge in [-0.2, -0.15) is 0 Å². The Hall–Kier alpha value is -1.82. The van der Waals surface area contributed by atoms with Crippen LogP contribution >= 0.6 is 11.8 Å². The Bertz CT molecular complexity index is 666. The van der Waals surface area contributed by atoms with Crippen molar-refractivity contribution in [3.63, 3.8) is 0 Å². The summed E-state index contributed by atoms with van der Waals surface area (Å²) in [5.74, 6) is 0.201. The zero-order chi connectivity index (χ0) is 15.0. The summed E-state index contributed by atoms with van der Waals surface area (Å²) in [5, 5.41) is -0.342. The Kier molecular flexibility index (Phi) is 3.71. The van der Waals surface area contributed by atoms with E-state index in [2.05, 4.69) is 0 Å². The monoisotopic (exact) mass is 309 g/mol. The van der Waals surface area contributed by atoms with Gasteiger partial charge in [0.1, 0.15) is 28.5 Å². The average molecular weight is 309 g/mol. The molecule has 2 heterocycles. The molecule has 110 valence electrons. The summed E-state index contributed by atoms with van der Waals surface area (Å²) >= 11 is 1.39. The third-order valence-corrected chi connectivity index (χ3v) is 4.58. The fourth-order valence-corrected chi connectivity index (χ4v) is 3.43. The molecule has 1 unspecified atom stereocenters. The molecule has 1 aliphatic rings. The van der Waals surface area contributed by atoms with Gasteiger partial charge in [-0.1, -0.05) is 6.07 Å². The molecular formula is C15H13F2NO2S. The standard InChI is InChI=1S/C15H13F2NO2S/c1-9-5-6-13(20-9)15-18(14(19)8-21-15)7-10-11(16)3-2-4-12(10)17/h2-6,15H,7-8H2,1H3. The molecule has 1 aromatic heterocycles. The quantitative estimate of drug-likeness (QED) is 0.868. The first-order chi connectivity index (χ1) is 10.1. The summed E-state index contributed by atoms with van der Waals surface area (Å²) < 4.78 is 33.1. The molecule has 1 aliphatic heterocycles. The highest BCUT2D eigenvalue weighted by atomic mass is 32.2. The van der Waals surface area contributed by atoms with Crippen LogP contribution < -0.4 is 0 Å². The fourth-order valence-electron chi connectivity index (χ4n) is 2.30. The van der Waals surface area contributed by atoms with Crippen molar-refractivity contribution >= 4 is 17.7 Å². The van der Waals surface area contributed by atoms with E-state index in [9.17, 15) is 13.6 Å². The summed E-state index contributed by atoms with van der Waals surface area (Å²) in [6.45, 7) is 1.71. The van der Waals surface area contributed by atoms with Crippen molar-refractivity contribution < 1.29 is 18.0 Å². The van der Waals surface area contributed by atoms with E-state index in [0.717, 1.165) is 5.76 Å². The van der Waals surface area contributed by atoms with Crippen molar-refractivity contribution in [2.24, 2.45) is 0 Å². The van der Waals surface area contributed by atoms with Crippen LogP contribution in [0.15, 0.2) is 34.7 Å². The molecule has 21 heavy (non-hydrogen) atoms. The average Bonchev–Trinajstić information content (AvgIpc) is 3.01. The van der Waals surface area contributed by atoms with E-state index in [0.29, 0.717) is 5.76 Å². The molecule has 1 amide bonds. The third-order valence-electron chi connectivity index (χ3n) is 3.36. The minimum Gasteiger partial charge on any atom is -0.463 e. The highest BCUT2D eigenvalue weighted by Gasteiger charge is 2.35. The molecule has 6 heteroatoms. The van der Waals surface area contributed by atoms with E-state index in [-0.39, 0.29) is 29.1 Å². The third kappa shape index (κ3) is 2.68. The summed E-state index contributed by atoms with van der Waals surface area (Å²) in [4.78, 5) is 13.5. The van der Waals surface area contributed by atoms with Gasteiger partial charge >= 0.3 is 0 Å². The van der Waals surface area contributed by atoms with Crippen LogP contribution in [0.5, 0.6) is 0 Å². The summed E-state index contributed by atoms with van der Waals surface area (Å²) in [5.41, 5.74) is -0.0957. The number of thioether (sulfide) groups is 1. The lowest BCUT2D eigenvalue weighted by Gasteiger charge is -2.22. The van der Waals surface area contributed by atoms with Gasteiger partial charge in [-0.15, -0.1) is 11.8 Å². The molecule has 2 aromatic rings. The van der Waals surface area contributed by atoms with Crippen molar-refractivity contribution in [2.75, 3.05) is 5.75 Å². The van der Waals surface area contributed by atoms with E-state index in [1.165, 1.54) is 34.9 Å². The number of hydrogen-bond acceptors (Lipinski definition) is 3. The number of aryl methyl sites for hydroxylation is 1. The molecule has 3 nitrogen and oxygen atoms in total. The molecule has 1 fully saturated rings. The Morgan fingerprint density at radius 3 is 2.62 bits per heavy atom. The van der Waals surface area contributed by atoms with E-state index in [1.54, 1.807) is 12.1 Å². The van der Waals surface area contributed by atoms with E-state index in [4.69, 9.17) is 4.42 Å². The van der Waals surface area contributed by atoms with Gasteiger partial charge in [-0.25, -0.2) is 8.78 Å². The smallest absolute Gasteiger partial charge is 0.234 e. The van der Waals surface area contributed by atoms with Crippen molar-refractivity contribution in [1.82, 2.24) is 4.90 Å². The number of nitrogens with zero attached hydrogens (tertiary/aromatic N) is 1.